The second-order valence-electron chi connectivity index (χ2n) is 6.80. The zero-order valence-corrected chi connectivity index (χ0v) is 16.6. The topological polar surface area (TPSA) is 47.8 Å². The molecule has 1 unspecified atom stereocenters. The first-order chi connectivity index (χ1) is 13.1. The normalized spacial score (nSPS) is 17.3. The summed E-state index contributed by atoms with van der Waals surface area (Å²) in [7, 11) is 0. The Labute approximate surface area is 168 Å². The van der Waals surface area contributed by atoms with Crippen molar-refractivity contribution in [2.75, 3.05) is 0 Å². The Hall–Kier alpha value is -2.11. The molecule has 0 amide bonds. The van der Waals surface area contributed by atoms with Gasteiger partial charge in [-0.05, 0) is 44.0 Å². The monoisotopic (exact) mass is 397 g/mol. The quantitative estimate of drug-likeness (QED) is 0.583. The molecule has 1 heterocycles. The van der Waals surface area contributed by atoms with E-state index in [1.165, 1.54) is 17.3 Å². The van der Waals surface area contributed by atoms with Crippen molar-refractivity contribution in [3.05, 3.63) is 59.1 Å². The van der Waals surface area contributed by atoms with Crippen LogP contribution in [0.3, 0.4) is 0 Å². The van der Waals surface area contributed by atoms with Gasteiger partial charge in [0.2, 0.25) is 0 Å². The zero-order chi connectivity index (χ0) is 18.8. The van der Waals surface area contributed by atoms with Crippen molar-refractivity contribution in [1.29, 1.82) is 0 Å². The molecule has 4 rings (SSSR count). The van der Waals surface area contributed by atoms with E-state index >= 15 is 0 Å². The largest absolute Gasteiger partial charge is 0.298 e. The summed E-state index contributed by atoms with van der Waals surface area (Å²) >= 11 is 7.60. The standard InChI is InChI=1S/C21H20ClN3OS/c1-14-6-8-15(9-7-14)20-23-24-21(27-19-5-3-2-4-18(19)26)25(20)17-12-10-16(22)11-13-17/h6-13,19H,2-5H2,1H3. The summed E-state index contributed by atoms with van der Waals surface area (Å²) in [5, 5.41) is 10.3. The number of ketones is 1. The van der Waals surface area contributed by atoms with Crippen LogP contribution in [0.4, 0.5) is 0 Å². The van der Waals surface area contributed by atoms with Crippen LogP contribution < -0.4 is 0 Å². The third kappa shape index (κ3) is 3.94. The van der Waals surface area contributed by atoms with Crippen molar-refractivity contribution in [2.24, 2.45) is 0 Å². The Balaban J connectivity index is 1.77. The maximum Gasteiger partial charge on any atom is 0.196 e. The number of nitrogens with zero attached hydrogens (tertiary/aromatic N) is 3. The summed E-state index contributed by atoms with van der Waals surface area (Å²) in [4.78, 5) is 12.3. The van der Waals surface area contributed by atoms with Gasteiger partial charge in [-0.1, -0.05) is 59.6 Å². The number of carbonyl (C=O) groups is 1. The zero-order valence-electron chi connectivity index (χ0n) is 15.1. The Morgan fingerprint density at radius 1 is 1.04 bits per heavy atom. The minimum Gasteiger partial charge on any atom is -0.298 e. The van der Waals surface area contributed by atoms with Crippen molar-refractivity contribution in [1.82, 2.24) is 14.8 Å². The lowest BCUT2D eigenvalue weighted by atomic mass is 9.99. The summed E-state index contributed by atoms with van der Waals surface area (Å²) < 4.78 is 2.02. The van der Waals surface area contributed by atoms with Crippen molar-refractivity contribution < 1.29 is 4.79 Å². The van der Waals surface area contributed by atoms with Gasteiger partial charge < -0.3 is 0 Å². The highest BCUT2D eigenvalue weighted by Crippen LogP contribution is 2.34. The number of carbonyl (C=O) groups excluding carboxylic acids is 1. The predicted octanol–water partition coefficient (Wildman–Crippen LogP) is 5.50. The average molecular weight is 398 g/mol. The van der Waals surface area contributed by atoms with Crippen LogP contribution in [0.1, 0.15) is 31.2 Å². The average Bonchev–Trinajstić information content (AvgIpc) is 3.08. The summed E-state index contributed by atoms with van der Waals surface area (Å²) in [5.41, 5.74) is 3.12. The fraction of sp³-hybridized carbons (Fsp3) is 0.286. The third-order valence-corrected chi connectivity index (χ3v) is 6.28. The van der Waals surface area contributed by atoms with Gasteiger partial charge in [0.15, 0.2) is 11.0 Å². The van der Waals surface area contributed by atoms with Crippen molar-refractivity contribution in [3.8, 4) is 17.1 Å². The molecule has 1 aromatic heterocycles. The van der Waals surface area contributed by atoms with E-state index in [-0.39, 0.29) is 5.25 Å². The molecule has 138 valence electrons. The molecule has 1 fully saturated rings. The molecule has 6 heteroatoms. The third-order valence-electron chi connectivity index (χ3n) is 4.77. The van der Waals surface area contributed by atoms with Crippen LogP contribution in [0.2, 0.25) is 5.02 Å². The maximum absolute atomic E-state index is 12.3. The van der Waals surface area contributed by atoms with Gasteiger partial charge in [-0.25, -0.2) is 0 Å². The fourth-order valence-corrected chi connectivity index (χ4v) is 4.56. The summed E-state index contributed by atoms with van der Waals surface area (Å²) in [6, 6.07) is 15.8. The van der Waals surface area contributed by atoms with E-state index in [2.05, 4.69) is 29.3 Å². The van der Waals surface area contributed by atoms with Crippen molar-refractivity contribution >= 4 is 29.1 Å². The van der Waals surface area contributed by atoms with E-state index < -0.39 is 0 Å². The number of hydrogen-bond acceptors (Lipinski definition) is 4. The molecule has 1 saturated carbocycles. The number of benzene rings is 2. The number of rotatable bonds is 4. The molecule has 3 aromatic rings. The summed E-state index contributed by atoms with van der Waals surface area (Å²) in [6.45, 7) is 2.06. The molecule has 0 N–H and O–H groups in total. The molecular formula is C21H20ClN3OS. The molecule has 0 aliphatic heterocycles. The van der Waals surface area contributed by atoms with Gasteiger partial charge in [0.25, 0.3) is 0 Å². The number of Topliss-reactive ketones (excluding diaryl/α,β-unsaturated/α-hetero) is 1. The van der Waals surface area contributed by atoms with E-state index in [0.29, 0.717) is 17.2 Å². The highest BCUT2D eigenvalue weighted by atomic mass is 35.5. The summed E-state index contributed by atoms with van der Waals surface area (Å²) in [5.74, 6) is 1.08. The van der Waals surface area contributed by atoms with Gasteiger partial charge in [0.1, 0.15) is 5.78 Å². The summed E-state index contributed by atoms with van der Waals surface area (Å²) in [6.07, 6.45) is 3.64. The van der Waals surface area contributed by atoms with Crippen LogP contribution in [0.15, 0.2) is 53.7 Å². The Kier molecular flexibility index (Phi) is 5.32. The van der Waals surface area contributed by atoms with Gasteiger partial charge in [-0.3, -0.25) is 9.36 Å². The maximum atomic E-state index is 12.3. The Bertz CT molecular complexity index is 951. The van der Waals surface area contributed by atoms with Crippen LogP contribution in [0.5, 0.6) is 0 Å². The van der Waals surface area contributed by atoms with Gasteiger partial charge in [0.05, 0.1) is 5.25 Å². The molecular weight excluding hydrogens is 378 g/mol. The minimum absolute atomic E-state index is 0.0418. The highest BCUT2D eigenvalue weighted by molar-refractivity contribution is 8.00. The molecule has 27 heavy (non-hydrogen) atoms. The van der Waals surface area contributed by atoms with Crippen LogP contribution >= 0.6 is 23.4 Å². The number of halogens is 1. The van der Waals surface area contributed by atoms with Crippen molar-refractivity contribution in [3.63, 3.8) is 0 Å². The van der Waals surface area contributed by atoms with Gasteiger partial charge in [-0.2, -0.15) is 0 Å². The van der Waals surface area contributed by atoms with Crippen LogP contribution in [-0.4, -0.2) is 25.8 Å². The van der Waals surface area contributed by atoms with Gasteiger partial charge in [-0.15, -0.1) is 10.2 Å². The van der Waals surface area contributed by atoms with E-state index in [1.54, 1.807) is 0 Å². The van der Waals surface area contributed by atoms with E-state index in [1.807, 2.05) is 41.0 Å². The van der Waals surface area contributed by atoms with E-state index in [4.69, 9.17) is 11.6 Å². The predicted molar refractivity (Wildman–Crippen MR) is 110 cm³/mol. The first-order valence-electron chi connectivity index (χ1n) is 9.09. The second-order valence-corrected chi connectivity index (χ2v) is 8.41. The smallest absolute Gasteiger partial charge is 0.196 e. The minimum atomic E-state index is -0.0418. The highest BCUT2D eigenvalue weighted by Gasteiger charge is 2.26. The van der Waals surface area contributed by atoms with Crippen molar-refractivity contribution in [2.45, 2.75) is 43.0 Å². The molecule has 1 aliphatic carbocycles. The molecule has 4 nitrogen and oxygen atoms in total. The number of thioether (sulfide) groups is 1. The molecule has 0 spiro atoms. The van der Waals surface area contributed by atoms with Crippen LogP contribution in [0.25, 0.3) is 17.1 Å². The van der Waals surface area contributed by atoms with E-state index in [0.717, 1.165) is 41.5 Å². The van der Waals surface area contributed by atoms with Crippen LogP contribution in [0, 0.1) is 6.92 Å². The lowest BCUT2D eigenvalue weighted by molar-refractivity contribution is -0.119. The molecule has 0 saturated heterocycles. The molecule has 0 radical (unpaired) electrons. The lowest BCUT2D eigenvalue weighted by Crippen LogP contribution is -2.21. The number of aryl methyl sites for hydroxylation is 1. The molecule has 1 atom stereocenters. The van der Waals surface area contributed by atoms with Gasteiger partial charge in [0, 0.05) is 22.7 Å². The van der Waals surface area contributed by atoms with E-state index in [9.17, 15) is 4.79 Å². The van der Waals surface area contributed by atoms with Gasteiger partial charge >= 0.3 is 0 Å². The molecule has 0 bridgehead atoms. The Morgan fingerprint density at radius 3 is 2.48 bits per heavy atom. The number of aromatic nitrogens is 3. The molecule has 2 aromatic carbocycles. The second kappa shape index (κ2) is 7.87. The van der Waals surface area contributed by atoms with Crippen LogP contribution in [-0.2, 0) is 4.79 Å². The first kappa shape index (κ1) is 18.3. The Morgan fingerprint density at radius 2 is 1.78 bits per heavy atom. The molecule has 1 aliphatic rings. The fourth-order valence-electron chi connectivity index (χ4n) is 3.26. The SMILES string of the molecule is Cc1ccc(-c2nnc(SC3CCCCC3=O)n2-c2ccc(Cl)cc2)cc1. The lowest BCUT2D eigenvalue weighted by Gasteiger charge is -2.20. The first-order valence-corrected chi connectivity index (χ1v) is 10.4. The number of hydrogen-bond donors (Lipinski definition) is 0.